The topological polar surface area (TPSA) is 107 Å². The number of amides is 1. The lowest BCUT2D eigenvalue weighted by atomic mass is 9.77. The van der Waals surface area contributed by atoms with Crippen molar-refractivity contribution >= 4 is 36.9 Å². The summed E-state index contributed by atoms with van der Waals surface area (Å²) in [7, 11) is -0.803. The maximum Gasteiger partial charge on any atom is 0.492 e. The fourth-order valence-corrected chi connectivity index (χ4v) is 2.77. The van der Waals surface area contributed by atoms with Crippen LogP contribution in [0, 0.1) is 0 Å². The molecule has 0 unspecified atom stereocenters. The highest BCUT2D eigenvalue weighted by Gasteiger charge is 2.52. The van der Waals surface area contributed by atoms with Gasteiger partial charge in [0.1, 0.15) is 10.8 Å². The van der Waals surface area contributed by atoms with Gasteiger partial charge in [-0.05, 0) is 66.1 Å². The lowest BCUT2D eigenvalue weighted by Crippen LogP contribution is -2.41. The van der Waals surface area contributed by atoms with Gasteiger partial charge in [-0.25, -0.2) is 14.6 Å². The Hall–Kier alpha value is -2.10. The van der Waals surface area contributed by atoms with E-state index in [1.165, 1.54) is 12.1 Å². The van der Waals surface area contributed by atoms with Gasteiger partial charge in [-0.2, -0.15) is 0 Å². The summed E-state index contributed by atoms with van der Waals surface area (Å²) >= 11 is 5.85. The summed E-state index contributed by atoms with van der Waals surface area (Å²) in [6.45, 7) is 12.9. The number of nitrogens with zero attached hydrogens (tertiary/aromatic N) is 1. The summed E-state index contributed by atoms with van der Waals surface area (Å²) in [5.74, 6) is -1.22. The number of alkyl carbamates (subject to hydrolysis) is 1. The Balaban J connectivity index is 2.39. The van der Waals surface area contributed by atoms with Gasteiger partial charge in [-0.3, -0.25) is 0 Å². The van der Waals surface area contributed by atoms with Crippen molar-refractivity contribution < 1.29 is 28.7 Å². The van der Waals surface area contributed by atoms with E-state index in [0.717, 1.165) is 0 Å². The van der Waals surface area contributed by atoms with Gasteiger partial charge in [0.25, 0.3) is 0 Å². The number of nitrogens with one attached hydrogen (secondary N) is 1. The van der Waals surface area contributed by atoms with Crippen LogP contribution in [-0.4, -0.2) is 52.6 Å². The molecule has 0 saturated carbocycles. The van der Waals surface area contributed by atoms with Crippen molar-refractivity contribution in [1.82, 2.24) is 10.3 Å². The number of aromatic nitrogens is 1. The lowest BCUT2D eigenvalue weighted by Gasteiger charge is -2.32. The Morgan fingerprint density at radius 3 is 2.30 bits per heavy atom. The van der Waals surface area contributed by atoms with Crippen LogP contribution in [0.3, 0.4) is 0 Å². The van der Waals surface area contributed by atoms with Crippen LogP contribution in [0.2, 0.25) is 5.15 Å². The van der Waals surface area contributed by atoms with Crippen molar-refractivity contribution in [3.8, 4) is 0 Å². The van der Waals surface area contributed by atoms with E-state index < -0.39 is 36.0 Å². The SMILES string of the molecule is CC(C)(C)OC(=O)NCC(=Cc1ccc(Cl)nc1C(=O)O)B1OC(C)(C)C(C)(C)O1. The van der Waals surface area contributed by atoms with E-state index in [9.17, 15) is 14.7 Å². The zero-order valence-electron chi connectivity index (χ0n) is 18.3. The number of hydrogen-bond acceptors (Lipinski definition) is 6. The number of pyridine rings is 1. The van der Waals surface area contributed by atoms with Gasteiger partial charge in [0, 0.05) is 12.1 Å². The number of ether oxygens (including phenoxy) is 1. The molecule has 1 aliphatic heterocycles. The summed E-state index contributed by atoms with van der Waals surface area (Å²) < 4.78 is 17.4. The molecule has 0 spiro atoms. The Morgan fingerprint density at radius 2 is 1.80 bits per heavy atom. The molecule has 0 bridgehead atoms. The first kappa shape index (κ1) is 24.2. The van der Waals surface area contributed by atoms with Crippen LogP contribution >= 0.6 is 11.6 Å². The molecule has 1 aromatic rings. The van der Waals surface area contributed by atoms with E-state index in [4.69, 9.17) is 25.6 Å². The molecule has 0 atom stereocenters. The van der Waals surface area contributed by atoms with Gasteiger partial charge in [-0.1, -0.05) is 17.7 Å². The molecule has 1 aliphatic rings. The molecule has 1 amide bonds. The first-order chi connectivity index (χ1) is 13.6. The summed E-state index contributed by atoms with van der Waals surface area (Å²) in [4.78, 5) is 27.6. The van der Waals surface area contributed by atoms with Crippen molar-refractivity contribution in [2.75, 3.05) is 6.54 Å². The zero-order chi connectivity index (χ0) is 22.9. The van der Waals surface area contributed by atoms with E-state index in [0.29, 0.717) is 11.0 Å². The second kappa shape index (κ2) is 8.57. The molecule has 2 rings (SSSR count). The van der Waals surface area contributed by atoms with Gasteiger partial charge < -0.3 is 24.5 Å². The largest absolute Gasteiger partial charge is 0.492 e. The normalized spacial score (nSPS) is 18.3. The monoisotopic (exact) mass is 438 g/mol. The van der Waals surface area contributed by atoms with Crippen molar-refractivity contribution in [2.24, 2.45) is 0 Å². The first-order valence-electron chi connectivity index (χ1n) is 9.54. The quantitative estimate of drug-likeness (QED) is 0.529. The second-order valence-electron chi connectivity index (χ2n) is 9.04. The van der Waals surface area contributed by atoms with E-state index in [2.05, 4.69) is 10.3 Å². The van der Waals surface area contributed by atoms with Crippen molar-refractivity contribution in [2.45, 2.75) is 65.3 Å². The molecule has 8 nitrogen and oxygen atoms in total. The highest BCUT2D eigenvalue weighted by Crippen LogP contribution is 2.38. The standard InChI is InChI=1S/C20H28BClN2O6/c1-18(2,3)28-17(27)23-11-13(21-29-19(4,5)20(6,7)30-21)10-12-8-9-14(22)24-15(12)16(25)26/h8-10H,11H2,1-7H3,(H,23,27)(H,25,26). The smallest absolute Gasteiger partial charge is 0.476 e. The van der Waals surface area contributed by atoms with Crippen LogP contribution in [0.1, 0.15) is 64.5 Å². The number of hydrogen-bond donors (Lipinski definition) is 2. The summed E-state index contributed by atoms with van der Waals surface area (Å²) in [5, 5.41) is 12.2. The van der Waals surface area contributed by atoms with E-state index in [1.54, 1.807) is 26.8 Å². The number of carbonyl (C=O) groups excluding carboxylic acids is 1. The van der Waals surface area contributed by atoms with Crippen LogP contribution in [0.25, 0.3) is 6.08 Å². The molecule has 1 aromatic heterocycles. The van der Waals surface area contributed by atoms with Crippen molar-refractivity contribution in [3.63, 3.8) is 0 Å². The van der Waals surface area contributed by atoms with Gasteiger partial charge in [0.2, 0.25) is 0 Å². The predicted molar refractivity (Wildman–Crippen MR) is 115 cm³/mol. The van der Waals surface area contributed by atoms with Gasteiger partial charge in [0.05, 0.1) is 11.2 Å². The van der Waals surface area contributed by atoms with Crippen molar-refractivity contribution in [3.05, 3.63) is 34.0 Å². The molecule has 2 heterocycles. The van der Waals surface area contributed by atoms with Crippen LogP contribution in [0.4, 0.5) is 4.79 Å². The molecule has 1 saturated heterocycles. The molecule has 2 N–H and O–H groups in total. The Kier molecular flexibility index (Phi) is 6.90. The van der Waals surface area contributed by atoms with Gasteiger partial charge in [-0.15, -0.1) is 0 Å². The van der Waals surface area contributed by atoms with E-state index in [-0.39, 0.29) is 17.4 Å². The third-order valence-corrected chi connectivity index (χ3v) is 5.04. The van der Waals surface area contributed by atoms with E-state index >= 15 is 0 Å². The fraction of sp³-hybridized carbons (Fsp3) is 0.550. The molecule has 164 valence electrons. The molecule has 1 fully saturated rings. The zero-order valence-corrected chi connectivity index (χ0v) is 19.1. The number of halogens is 1. The summed E-state index contributed by atoms with van der Waals surface area (Å²) in [6.07, 6.45) is 0.962. The van der Waals surface area contributed by atoms with E-state index in [1.807, 2.05) is 27.7 Å². The van der Waals surface area contributed by atoms with Crippen LogP contribution < -0.4 is 5.32 Å². The van der Waals surface area contributed by atoms with Gasteiger partial charge >= 0.3 is 19.2 Å². The number of carboxylic acid groups (broad SMARTS) is 1. The Morgan fingerprint density at radius 1 is 1.23 bits per heavy atom. The molecule has 0 radical (unpaired) electrons. The molecule has 10 heteroatoms. The van der Waals surface area contributed by atoms with Crippen LogP contribution in [0.15, 0.2) is 17.6 Å². The average molecular weight is 439 g/mol. The summed E-state index contributed by atoms with van der Waals surface area (Å²) in [5.41, 5.74) is -1.29. The third-order valence-electron chi connectivity index (χ3n) is 4.83. The number of aromatic carboxylic acids is 1. The molecule has 0 aromatic carbocycles. The number of carbonyl (C=O) groups is 2. The molecule has 30 heavy (non-hydrogen) atoms. The second-order valence-corrected chi connectivity index (χ2v) is 9.43. The molecular formula is C20H28BClN2O6. The predicted octanol–water partition coefficient (Wildman–Crippen LogP) is 3.97. The minimum atomic E-state index is -1.22. The summed E-state index contributed by atoms with van der Waals surface area (Å²) in [6, 6.07) is 3.03. The molecule has 0 aliphatic carbocycles. The number of carboxylic acids is 1. The third kappa shape index (κ3) is 5.96. The maximum atomic E-state index is 12.1. The Labute approximate surface area is 182 Å². The minimum absolute atomic E-state index is 0.0213. The molecular weight excluding hydrogens is 410 g/mol. The van der Waals surface area contributed by atoms with Gasteiger partial charge in [0.15, 0.2) is 5.69 Å². The highest BCUT2D eigenvalue weighted by molar-refractivity contribution is 6.56. The fourth-order valence-electron chi connectivity index (χ4n) is 2.62. The Bertz CT molecular complexity index is 847. The average Bonchev–Trinajstić information content (AvgIpc) is 2.78. The number of rotatable bonds is 5. The van der Waals surface area contributed by atoms with Crippen molar-refractivity contribution in [1.29, 1.82) is 0 Å². The van der Waals surface area contributed by atoms with Crippen LogP contribution in [-0.2, 0) is 14.0 Å². The maximum absolute atomic E-state index is 12.1. The minimum Gasteiger partial charge on any atom is -0.476 e. The van der Waals surface area contributed by atoms with Crippen LogP contribution in [0.5, 0.6) is 0 Å². The first-order valence-corrected chi connectivity index (χ1v) is 9.92. The lowest BCUT2D eigenvalue weighted by molar-refractivity contribution is 0.00578. The highest BCUT2D eigenvalue weighted by atomic mass is 35.5.